The van der Waals surface area contributed by atoms with Crippen molar-refractivity contribution in [2.45, 2.75) is 32.6 Å². The highest BCUT2D eigenvalue weighted by molar-refractivity contribution is 7.80. The summed E-state index contributed by atoms with van der Waals surface area (Å²) in [5, 5.41) is 0. The lowest BCUT2D eigenvalue weighted by Crippen LogP contribution is -2.11. The fourth-order valence-electron chi connectivity index (χ4n) is 1.39. The molecule has 1 aliphatic rings. The monoisotopic (exact) mass is 130 g/mol. The van der Waals surface area contributed by atoms with Crippen molar-refractivity contribution in [1.82, 2.24) is 0 Å². The van der Waals surface area contributed by atoms with E-state index in [9.17, 15) is 0 Å². The van der Waals surface area contributed by atoms with Gasteiger partial charge in [0.15, 0.2) is 0 Å². The first-order valence-corrected chi connectivity index (χ1v) is 4.01. The molecule has 0 aromatic heterocycles. The van der Waals surface area contributed by atoms with Crippen LogP contribution < -0.4 is 0 Å². The number of rotatable bonds is 1. The van der Waals surface area contributed by atoms with Crippen LogP contribution in [0.2, 0.25) is 0 Å². The number of hydrogen-bond donors (Lipinski definition) is 1. The molecule has 1 heteroatoms. The van der Waals surface area contributed by atoms with E-state index in [0.29, 0.717) is 5.41 Å². The van der Waals surface area contributed by atoms with E-state index in [4.69, 9.17) is 0 Å². The average Bonchev–Trinajstić information content (AvgIpc) is 2.17. The van der Waals surface area contributed by atoms with E-state index in [1.165, 1.54) is 25.7 Å². The second-order valence-corrected chi connectivity index (χ2v) is 3.49. The normalized spacial score (nSPS) is 26.2. The minimum absolute atomic E-state index is 0.600. The molecule has 0 N–H and O–H groups in total. The molecule has 1 rings (SSSR count). The van der Waals surface area contributed by atoms with E-state index in [2.05, 4.69) is 19.6 Å². The molecule has 0 saturated heterocycles. The maximum atomic E-state index is 4.30. The van der Waals surface area contributed by atoms with Gasteiger partial charge in [-0.15, -0.1) is 0 Å². The zero-order valence-electron chi connectivity index (χ0n) is 5.48. The van der Waals surface area contributed by atoms with Crippen LogP contribution in [-0.2, 0) is 0 Å². The summed E-state index contributed by atoms with van der Waals surface area (Å²) in [6, 6.07) is 0. The summed E-state index contributed by atoms with van der Waals surface area (Å²) in [6.45, 7) is 2.34. The van der Waals surface area contributed by atoms with Gasteiger partial charge in [0.1, 0.15) is 0 Å². The molecule has 0 radical (unpaired) electrons. The third-order valence-electron chi connectivity index (χ3n) is 2.19. The van der Waals surface area contributed by atoms with Gasteiger partial charge in [-0.2, -0.15) is 12.6 Å². The molecule has 1 saturated carbocycles. The predicted octanol–water partition coefficient (Wildman–Crippen LogP) is 2.50. The summed E-state index contributed by atoms with van der Waals surface area (Å²) in [7, 11) is 0. The van der Waals surface area contributed by atoms with Gasteiger partial charge in [-0.25, -0.2) is 0 Å². The minimum atomic E-state index is 0.600. The quantitative estimate of drug-likeness (QED) is 0.518. The first-order chi connectivity index (χ1) is 3.77. The average molecular weight is 130 g/mol. The van der Waals surface area contributed by atoms with Gasteiger partial charge in [0.05, 0.1) is 0 Å². The summed E-state index contributed by atoms with van der Waals surface area (Å²) in [5.74, 6) is 1.08. The molecule has 0 amide bonds. The lowest BCUT2D eigenvalue weighted by Gasteiger charge is -2.19. The van der Waals surface area contributed by atoms with E-state index < -0.39 is 0 Å². The van der Waals surface area contributed by atoms with Crippen LogP contribution >= 0.6 is 12.6 Å². The molecule has 0 aliphatic heterocycles. The van der Waals surface area contributed by atoms with Crippen molar-refractivity contribution in [3.63, 3.8) is 0 Å². The van der Waals surface area contributed by atoms with E-state index in [0.717, 1.165) is 5.75 Å². The smallest absolute Gasteiger partial charge is 0.00438 e. The zero-order valence-corrected chi connectivity index (χ0v) is 6.38. The lowest BCUT2D eigenvalue weighted by molar-refractivity contribution is 0.393. The Kier molecular flexibility index (Phi) is 1.86. The zero-order chi connectivity index (χ0) is 6.04. The standard InChI is InChI=1S/C7H14S/c1-7(6-8)4-2-3-5-7/h8H,2-6H2,1H3. The topological polar surface area (TPSA) is 0 Å². The van der Waals surface area contributed by atoms with Crippen molar-refractivity contribution in [2.75, 3.05) is 5.75 Å². The van der Waals surface area contributed by atoms with Crippen molar-refractivity contribution in [1.29, 1.82) is 0 Å². The van der Waals surface area contributed by atoms with E-state index in [1.807, 2.05) is 0 Å². The van der Waals surface area contributed by atoms with Crippen LogP contribution in [0.1, 0.15) is 32.6 Å². The summed E-state index contributed by atoms with van der Waals surface area (Å²) >= 11 is 4.30. The van der Waals surface area contributed by atoms with Crippen LogP contribution in [0.4, 0.5) is 0 Å². The highest BCUT2D eigenvalue weighted by Crippen LogP contribution is 2.37. The molecule has 8 heavy (non-hydrogen) atoms. The van der Waals surface area contributed by atoms with E-state index >= 15 is 0 Å². The SMILES string of the molecule is CC1(CS)CCCC1. The summed E-state index contributed by atoms with van der Waals surface area (Å²) in [5.41, 5.74) is 0.600. The van der Waals surface area contributed by atoms with Crippen molar-refractivity contribution < 1.29 is 0 Å². The molecule has 0 aromatic carbocycles. The van der Waals surface area contributed by atoms with Gasteiger partial charge in [0.25, 0.3) is 0 Å². The van der Waals surface area contributed by atoms with Gasteiger partial charge >= 0.3 is 0 Å². The summed E-state index contributed by atoms with van der Waals surface area (Å²) in [4.78, 5) is 0. The fraction of sp³-hybridized carbons (Fsp3) is 1.00. The molecule has 1 fully saturated rings. The Labute approximate surface area is 57.1 Å². The van der Waals surface area contributed by atoms with E-state index in [1.54, 1.807) is 0 Å². The molecule has 0 bridgehead atoms. The Morgan fingerprint density at radius 1 is 1.38 bits per heavy atom. The molecular formula is C7H14S. The Bertz CT molecular complexity index is 72.5. The third-order valence-corrected chi connectivity index (χ3v) is 2.96. The highest BCUT2D eigenvalue weighted by Gasteiger charge is 2.26. The molecular weight excluding hydrogens is 116 g/mol. The molecule has 0 atom stereocenters. The fourth-order valence-corrected chi connectivity index (χ4v) is 1.70. The Morgan fingerprint density at radius 2 is 1.88 bits per heavy atom. The molecule has 0 spiro atoms. The second-order valence-electron chi connectivity index (χ2n) is 3.18. The van der Waals surface area contributed by atoms with Crippen LogP contribution in [0.5, 0.6) is 0 Å². The first-order valence-electron chi connectivity index (χ1n) is 3.38. The molecule has 0 unspecified atom stereocenters. The Morgan fingerprint density at radius 3 is 2.12 bits per heavy atom. The minimum Gasteiger partial charge on any atom is -0.179 e. The summed E-state index contributed by atoms with van der Waals surface area (Å²) in [6.07, 6.45) is 5.65. The predicted molar refractivity (Wildman–Crippen MR) is 40.4 cm³/mol. The van der Waals surface area contributed by atoms with Crippen LogP contribution in [-0.4, -0.2) is 5.75 Å². The Hall–Kier alpha value is 0.350. The van der Waals surface area contributed by atoms with Gasteiger partial charge in [-0.1, -0.05) is 19.8 Å². The van der Waals surface area contributed by atoms with Crippen LogP contribution in [0, 0.1) is 5.41 Å². The molecule has 0 aromatic rings. The number of hydrogen-bond acceptors (Lipinski definition) is 1. The maximum absolute atomic E-state index is 4.30. The van der Waals surface area contributed by atoms with Gasteiger partial charge in [-0.05, 0) is 24.0 Å². The van der Waals surface area contributed by atoms with Crippen LogP contribution in [0.3, 0.4) is 0 Å². The van der Waals surface area contributed by atoms with Crippen molar-refractivity contribution in [2.24, 2.45) is 5.41 Å². The maximum Gasteiger partial charge on any atom is -0.00438 e. The van der Waals surface area contributed by atoms with Crippen LogP contribution in [0.15, 0.2) is 0 Å². The third kappa shape index (κ3) is 1.19. The lowest BCUT2D eigenvalue weighted by atomic mass is 9.92. The largest absolute Gasteiger partial charge is 0.179 e. The van der Waals surface area contributed by atoms with Crippen molar-refractivity contribution >= 4 is 12.6 Å². The first kappa shape index (κ1) is 6.47. The van der Waals surface area contributed by atoms with E-state index in [-0.39, 0.29) is 0 Å². The van der Waals surface area contributed by atoms with Gasteiger partial charge in [0, 0.05) is 0 Å². The molecule has 0 heterocycles. The Balaban J connectivity index is 2.40. The highest BCUT2D eigenvalue weighted by atomic mass is 32.1. The molecule has 0 nitrogen and oxygen atoms in total. The second kappa shape index (κ2) is 2.30. The van der Waals surface area contributed by atoms with Crippen molar-refractivity contribution in [3.8, 4) is 0 Å². The number of thiol groups is 1. The molecule has 1 aliphatic carbocycles. The van der Waals surface area contributed by atoms with Gasteiger partial charge in [-0.3, -0.25) is 0 Å². The van der Waals surface area contributed by atoms with Gasteiger partial charge < -0.3 is 0 Å². The van der Waals surface area contributed by atoms with Gasteiger partial charge in [0.2, 0.25) is 0 Å². The molecule has 48 valence electrons. The summed E-state index contributed by atoms with van der Waals surface area (Å²) < 4.78 is 0. The van der Waals surface area contributed by atoms with Crippen molar-refractivity contribution in [3.05, 3.63) is 0 Å². The van der Waals surface area contributed by atoms with Crippen LogP contribution in [0.25, 0.3) is 0 Å².